The summed E-state index contributed by atoms with van der Waals surface area (Å²) >= 11 is 0. The van der Waals surface area contributed by atoms with Gasteiger partial charge in [-0.2, -0.15) is 0 Å². The van der Waals surface area contributed by atoms with Gasteiger partial charge in [0.15, 0.2) is 0 Å². The normalized spacial score (nSPS) is 10.3. The third-order valence-corrected chi connectivity index (χ3v) is 3.57. The maximum Gasteiger partial charge on any atom is 0.252 e. The quantitative estimate of drug-likeness (QED) is 0.846. The molecular formula is C18H21N3O3. The molecule has 0 radical (unpaired) electrons. The molecule has 0 saturated heterocycles. The highest BCUT2D eigenvalue weighted by Gasteiger charge is 2.09. The van der Waals surface area contributed by atoms with Crippen molar-refractivity contribution in [2.24, 2.45) is 0 Å². The molecule has 0 unspecified atom stereocenters. The Bertz CT molecular complexity index is 727. The molecule has 1 heterocycles. The summed E-state index contributed by atoms with van der Waals surface area (Å²) in [6.45, 7) is 2.32. The number of benzene rings is 1. The molecule has 0 fully saturated rings. The van der Waals surface area contributed by atoms with Gasteiger partial charge < -0.3 is 15.4 Å². The van der Waals surface area contributed by atoms with E-state index in [1.165, 1.54) is 7.11 Å². The SMILES string of the molecule is CNC(=O)c1ccc(-c2ccc(CNC(=O)COC)cc2)nc1C. The number of methoxy groups -OCH3 is 1. The number of aryl methyl sites for hydroxylation is 1. The number of carbonyl (C=O) groups excluding carboxylic acids is 2. The first-order valence-corrected chi connectivity index (χ1v) is 7.60. The summed E-state index contributed by atoms with van der Waals surface area (Å²) in [7, 11) is 3.08. The molecule has 24 heavy (non-hydrogen) atoms. The largest absolute Gasteiger partial charge is 0.375 e. The molecule has 0 aliphatic heterocycles. The molecule has 0 aliphatic rings. The van der Waals surface area contributed by atoms with E-state index in [-0.39, 0.29) is 18.4 Å². The molecule has 126 valence electrons. The van der Waals surface area contributed by atoms with Crippen molar-refractivity contribution < 1.29 is 14.3 Å². The van der Waals surface area contributed by atoms with Gasteiger partial charge >= 0.3 is 0 Å². The van der Waals surface area contributed by atoms with E-state index < -0.39 is 0 Å². The number of hydrogen-bond donors (Lipinski definition) is 2. The van der Waals surface area contributed by atoms with E-state index in [1.807, 2.05) is 37.3 Å². The van der Waals surface area contributed by atoms with Crippen LogP contribution >= 0.6 is 0 Å². The van der Waals surface area contributed by atoms with E-state index in [2.05, 4.69) is 15.6 Å². The number of hydrogen-bond acceptors (Lipinski definition) is 4. The summed E-state index contributed by atoms with van der Waals surface area (Å²) in [6.07, 6.45) is 0. The van der Waals surface area contributed by atoms with Crippen molar-refractivity contribution in [2.45, 2.75) is 13.5 Å². The molecule has 2 rings (SSSR count). The van der Waals surface area contributed by atoms with Crippen LogP contribution in [0.1, 0.15) is 21.6 Å². The molecule has 0 saturated carbocycles. The first-order chi connectivity index (χ1) is 11.5. The molecule has 6 nitrogen and oxygen atoms in total. The molecule has 0 aliphatic carbocycles. The summed E-state index contributed by atoms with van der Waals surface area (Å²) in [4.78, 5) is 27.6. The Labute approximate surface area is 141 Å². The lowest BCUT2D eigenvalue weighted by Crippen LogP contribution is -2.26. The molecule has 2 aromatic rings. The summed E-state index contributed by atoms with van der Waals surface area (Å²) < 4.78 is 4.77. The molecule has 0 spiro atoms. The standard InChI is InChI=1S/C18H21N3O3/c1-12-15(18(23)19-2)8-9-16(21-12)14-6-4-13(5-7-14)10-20-17(22)11-24-3/h4-9H,10-11H2,1-3H3,(H,19,23)(H,20,22). The Balaban J connectivity index is 2.09. The number of amides is 2. The number of aromatic nitrogens is 1. The maximum absolute atomic E-state index is 11.7. The van der Waals surface area contributed by atoms with Crippen molar-refractivity contribution in [3.05, 3.63) is 53.2 Å². The van der Waals surface area contributed by atoms with Gasteiger partial charge in [-0.25, -0.2) is 0 Å². The molecule has 2 amide bonds. The third kappa shape index (κ3) is 4.39. The zero-order chi connectivity index (χ0) is 17.5. The van der Waals surface area contributed by atoms with E-state index in [9.17, 15) is 9.59 Å². The lowest BCUT2D eigenvalue weighted by molar-refractivity contribution is -0.124. The van der Waals surface area contributed by atoms with Crippen molar-refractivity contribution in [2.75, 3.05) is 20.8 Å². The summed E-state index contributed by atoms with van der Waals surface area (Å²) in [6, 6.07) is 11.4. The number of nitrogens with one attached hydrogen (secondary N) is 2. The van der Waals surface area contributed by atoms with Gasteiger partial charge in [-0.05, 0) is 24.6 Å². The Hall–Kier alpha value is -2.73. The average Bonchev–Trinajstić information content (AvgIpc) is 2.60. The van der Waals surface area contributed by atoms with Crippen molar-refractivity contribution in [1.82, 2.24) is 15.6 Å². The van der Waals surface area contributed by atoms with Crippen molar-refractivity contribution in [3.8, 4) is 11.3 Å². The topological polar surface area (TPSA) is 80.3 Å². The van der Waals surface area contributed by atoms with Crippen LogP contribution in [-0.4, -0.2) is 37.6 Å². The Morgan fingerprint density at radius 2 is 1.83 bits per heavy atom. The van der Waals surface area contributed by atoms with Crippen LogP contribution in [0.2, 0.25) is 0 Å². The van der Waals surface area contributed by atoms with Crippen LogP contribution in [0.3, 0.4) is 0 Å². The number of pyridine rings is 1. The van der Waals surface area contributed by atoms with Crippen molar-refractivity contribution in [3.63, 3.8) is 0 Å². The second-order valence-electron chi connectivity index (χ2n) is 5.32. The van der Waals surface area contributed by atoms with E-state index in [0.717, 1.165) is 16.8 Å². The highest BCUT2D eigenvalue weighted by atomic mass is 16.5. The second-order valence-corrected chi connectivity index (χ2v) is 5.32. The van der Waals surface area contributed by atoms with Gasteiger partial charge in [-0.1, -0.05) is 24.3 Å². The summed E-state index contributed by atoms with van der Waals surface area (Å²) in [5.74, 6) is -0.294. The smallest absolute Gasteiger partial charge is 0.252 e. The fourth-order valence-electron chi connectivity index (χ4n) is 2.27. The average molecular weight is 327 g/mol. The number of rotatable bonds is 6. The maximum atomic E-state index is 11.7. The van der Waals surface area contributed by atoms with E-state index >= 15 is 0 Å². The van der Waals surface area contributed by atoms with Gasteiger partial charge in [0.05, 0.1) is 17.0 Å². The molecule has 0 bridgehead atoms. The monoisotopic (exact) mass is 327 g/mol. The minimum absolute atomic E-state index is 0.0545. The van der Waals surface area contributed by atoms with Gasteiger partial charge in [0.2, 0.25) is 5.91 Å². The minimum Gasteiger partial charge on any atom is -0.375 e. The molecule has 1 aromatic heterocycles. The lowest BCUT2D eigenvalue weighted by Gasteiger charge is -2.08. The van der Waals surface area contributed by atoms with Crippen LogP contribution < -0.4 is 10.6 Å². The van der Waals surface area contributed by atoms with Gasteiger partial charge in [0.1, 0.15) is 6.61 Å². The fourth-order valence-corrected chi connectivity index (χ4v) is 2.27. The van der Waals surface area contributed by atoms with Crippen LogP contribution in [-0.2, 0) is 16.1 Å². The number of ether oxygens (including phenoxy) is 1. The van der Waals surface area contributed by atoms with Gasteiger partial charge in [0, 0.05) is 26.3 Å². The van der Waals surface area contributed by atoms with E-state index in [0.29, 0.717) is 17.8 Å². The first-order valence-electron chi connectivity index (χ1n) is 7.60. The van der Waals surface area contributed by atoms with Gasteiger partial charge in [-0.15, -0.1) is 0 Å². The second kappa shape index (κ2) is 8.21. The summed E-state index contributed by atoms with van der Waals surface area (Å²) in [5, 5.41) is 5.37. The van der Waals surface area contributed by atoms with Crippen LogP contribution in [0.25, 0.3) is 11.3 Å². The highest BCUT2D eigenvalue weighted by molar-refractivity contribution is 5.95. The van der Waals surface area contributed by atoms with Gasteiger partial charge in [0.25, 0.3) is 5.91 Å². The zero-order valence-corrected chi connectivity index (χ0v) is 14.1. The molecule has 1 aromatic carbocycles. The number of nitrogens with zero attached hydrogens (tertiary/aromatic N) is 1. The predicted molar refractivity (Wildman–Crippen MR) is 91.5 cm³/mol. The molecule has 2 N–H and O–H groups in total. The van der Waals surface area contributed by atoms with Crippen LogP contribution in [0.5, 0.6) is 0 Å². The van der Waals surface area contributed by atoms with Crippen LogP contribution in [0.4, 0.5) is 0 Å². The Morgan fingerprint density at radius 1 is 1.12 bits per heavy atom. The van der Waals surface area contributed by atoms with Crippen LogP contribution in [0.15, 0.2) is 36.4 Å². The first kappa shape index (κ1) is 17.6. The molecule has 6 heteroatoms. The van der Waals surface area contributed by atoms with Gasteiger partial charge in [-0.3, -0.25) is 14.6 Å². The third-order valence-electron chi connectivity index (χ3n) is 3.57. The Kier molecular flexibility index (Phi) is 6.03. The van der Waals surface area contributed by atoms with Crippen molar-refractivity contribution >= 4 is 11.8 Å². The van der Waals surface area contributed by atoms with E-state index in [1.54, 1.807) is 13.1 Å². The van der Waals surface area contributed by atoms with Crippen molar-refractivity contribution in [1.29, 1.82) is 0 Å². The molecule has 0 atom stereocenters. The highest BCUT2D eigenvalue weighted by Crippen LogP contribution is 2.19. The summed E-state index contributed by atoms with van der Waals surface area (Å²) in [5.41, 5.74) is 3.99. The van der Waals surface area contributed by atoms with Crippen LogP contribution in [0, 0.1) is 6.92 Å². The van der Waals surface area contributed by atoms with E-state index in [4.69, 9.17) is 4.74 Å². The fraction of sp³-hybridized carbons (Fsp3) is 0.278. The lowest BCUT2D eigenvalue weighted by atomic mass is 10.1. The number of carbonyl (C=O) groups is 2. The predicted octanol–water partition coefficient (Wildman–Crippen LogP) is 1.68. The molecular weight excluding hydrogens is 306 g/mol. The zero-order valence-electron chi connectivity index (χ0n) is 14.1. The minimum atomic E-state index is -0.149. The Morgan fingerprint density at radius 3 is 2.42 bits per heavy atom.